The first-order valence-electron chi connectivity index (χ1n) is 4.94. The Labute approximate surface area is 98.5 Å². The number of nitrogen functional groups attached to an aromatic ring is 1. The third-order valence-electron chi connectivity index (χ3n) is 2.12. The van der Waals surface area contributed by atoms with Gasteiger partial charge in [0.2, 0.25) is 0 Å². The lowest BCUT2D eigenvalue weighted by molar-refractivity contribution is 0.625. The van der Waals surface area contributed by atoms with Crippen molar-refractivity contribution in [2.45, 2.75) is 16.7 Å². The Morgan fingerprint density at radius 2 is 1.88 bits per heavy atom. The van der Waals surface area contributed by atoms with E-state index in [0.717, 1.165) is 9.79 Å². The second kappa shape index (κ2) is 4.58. The number of halogens is 1. The van der Waals surface area contributed by atoms with Gasteiger partial charge in [0.25, 0.3) is 0 Å². The number of aryl methyl sites for hydroxylation is 1. The van der Waals surface area contributed by atoms with Crippen LogP contribution in [-0.2, 0) is 0 Å². The Morgan fingerprint density at radius 3 is 2.56 bits per heavy atom. The summed E-state index contributed by atoms with van der Waals surface area (Å²) < 4.78 is 13.1. The molecule has 0 aliphatic carbocycles. The summed E-state index contributed by atoms with van der Waals surface area (Å²) in [5, 5.41) is 0. The van der Waals surface area contributed by atoms with Crippen LogP contribution in [0.2, 0.25) is 0 Å². The van der Waals surface area contributed by atoms with Crippen molar-refractivity contribution in [2.24, 2.45) is 0 Å². The van der Waals surface area contributed by atoms with Crippen LogP contribution >= 0.6 is 11.8 Å². The minimum absolute atomic E-state index is 0.296. The molecule has 0 spiro atoms. The summed E-state index contributed by atoms with van der Waals surface area (Å²) in [7, 11) is 0. The molecular formula is C13H12FNS. The van der Waals surface area contributed by atoms with Gasteiger partial charge in [-0.25, -0.2) is 4.39 Å². The molecule has 0 saturated carbocycles. The molecule has 0 aromatic heterocycles. The standard InChI is InChI=1S/C13H12FNS/c1-9-3-2-4-12(5-9)16-13-7-10(14)6-11(15)8-13/h2-8H,15H2,1H3. The molecule has 0 heterocycles. The van der Waals surface area contributed by atoms with Crippen LogP contribution in [0.5, 0.6) is 0 Å². The lowest BCUT2D eigenvalue weighted by Crippen LogP contribution is -1.87. The summed E-state index contributed by atoms with van der Waals surface area (Å²) in [6.07, 6.45) is 0. The maximum Gasteiger partial charge on any atom is 0.126 e. The van der Waals surface area contributed by atoms with Crippen molar-refractivity contribution in [1.29, 1.82) is 0 Å². The zero-order valence-corrected chi connectivity index (χ0v) is 9.72. The number of hydrogen-bond acceptors (Lipinski definition) is 2. The first-order valence-corrected chi connectivity index (χ1v) is 5.76. The Balaban J connectivity index is 2.27. The van der Waals surface area contributed by atoms with E-state index in [4.69, 9.17) is 5.73 Å². The van der Waals surface area contributed by atoms with E-state index in [1.165, 1.54) is 29.5 Å². The number of anilines is 1. The highest BCUT2D eigenvalue weighted by atomic mass is 32.2. The lowest BCUT2D eigenvalue weighted by atomic mass is 10.2. The Morgan fingerprint density at radius 1 is 1.06 bits per heavy atom. The fourth-order valence-electron chi connectivity index (χ4n) is 1.46. The Kier molecular flexibility index (Phi) is 3.15. The van der Waals surface area contributed by atoms with E-state index in [2.05, 4.69) is 6.07 Å². The quantitative estimate of drug-likeness (QED) is 0.797. The summed E-state index contributed by atoms with van der Waals surface area (Å²) in [5.41, 5.74) is 7.23. The lowest BCUT2D eigenvalue weighted by Gasteiger charge is -2.04. The normalized spacial score (nSPS) is 10.4. The predicted molar refractivity (Wildman–Crippen MR) is 66.1 cm³/mol. The van der Waals surface area contributed by atoms with Crippen LogP contribution in [0.15, 0.2) is 52.3 Å². The summed E-state index contributed by atoms with van der Waals surface area (Å²) in [5.74, 6) is -0.296. The van der Waals surface area contributed by atoms with Gasteiger partial charge >= 0.3 is 0 Å². The Hall–Kier alpha value is -1.48. The van der Waals surface area contributed by atoms with E-state index < -0.39 is 0 Å². The molecule has 82 valence electrons. The smallest absolute Gasteiger partial charge is 0.126 e. The highest BCUT2D eigenvalue weighted by Crippen LogP contribution is 2.29. The van der Waals surface area contributed by atoms with Crippen LogP contribution in [0, 0.1) is 12.7 Å². The van der Waals surface area contributed by atoms with Gasteiger partial charge in [0, 0.05) is 15.5 Å². The van der Waals surface area contributed by atoms with Gasteiger partial charge in [0.15, 0.2) is 0 Å². The molecule has 0 saturated heterocycles. The molecule has 0 fully saturated rings. The molecule has 3 heteroatoms. The summed E-state index contributed by atoms with van der Waals surface area (Å²) in [6, 6.07) is 12.7. The van der Waals surface area contributed by atoms with E-state index in [-0.39, 0.29) is 5.82 Å². The molecule has 0 aliphatic rings. The Bertz CT molecular complexity index is 491. The van der Waals surface area contributed by atoms with Gasteiger partial charge in [-0.15, -0.1) is 0 Å². The minimum atomic E-state index is -0.296. The van der Waals surface area contributed by atoms with Crippen molar-refractivity contribution in [3.05, 3.63) is 53.8 Å². The summed E-state index contributed by atoms with van der Waals surface area (Å²) in [4.78, 5) is 1.91. The predicted octanol–water partition coefficient (Wildman–Crippen LogP) is 3.87. The van der Waals surface area contributed by atoms with Crippen molar-refractivity contribution < 1.29 is 4.39 Å². The zero-order chi connectivity index (χ0) is 11.5. The van der Waals surface area contributed by atoms with E-state index in [1.807, 2.05) is 25.1 Å². The van der Waals surface area contributed by atoms with Crippen molar-refractivity contribution in [2.75, 3.05) is 5.73 Å². The molecule has 0 atom stereocenters. The molecule has 0 unspecified atom stereocenters. The van der Waals surface area contributed by atoms with Crippen molar-refractivity contribution in [1.82, 2.24) is 0 Å². The molecule has 16 heavy (non-hydrogen) atoms. The van der Waals surface area contributed by atoms with Gasteiger partial charge in [-0.1, -0.05) is 29.5 Å². The van der Waals surface area contributed by atoms with Crippen molar-refractivity contribution in [3.8, 4) is 0 Å². The topological polar surface area (TPSA) is 26.0 Å². The zero-order valence-electron chi connectivity index (χ0n) is 8.91. The third kappa shape index (κ3) is 2.76. The van der Waals surface area contributed by atoms with Gasteiger partial charge in [0.05, 0.1) is 0 Å². The first-order chi connectivity index (χ1) is 7.63. The average molecular weight is 233 g/mol. The molecule has 2 aromatic rings. The molecule has 2 aromatic carbocycles. The van der Waals surface area contributed by atoms with Gasteiger partial charge < -0.3 is 5.73 Å². The van der Waals surface area contributed by atoms with E-state index in [9.17, 15) is 4.39 Å². The molecule has 0 amide bonds. The van der Waals surface area contributed by atoms with Crippen LogP contribution in [-0.4, -0.2) is 0 Å². The van der Waals surface area contributed by atoms with Crippen LogP contribution in [0.25, 0.3) is 0 Å². The second-order valence-electron chi connectivity index (χ2n) is 3.64. The molecule has 0 radical (unpaired) electrons. The van der Waals surface area contributed by atoms with Gasteiger partial charge in [-0.2, -0.15) is 0 Å². The molecule has 0 bridgehead atoms. The fraction of sp³-hybridized carbons (Fsp3) is 0.0769. The van der Waals surface area contributed by atoms with Gasteiger partial charge in [-0.05, 0) is 37.3 Å². The number of nitrogens with two attached hydrogens (primary N) is 1. The number of rotatable bonds is 2. The third-order valence-corrected chi connectivity index (χ3v) is 3.08. The SMILES string of the molecule is Cc1cccc(Sc2cc(N)cc(F)c2)c1. The minimum Gasteiger partial charge on any atom is -0.399 e. The number of benzene rings is 2. The van der Waals surface area contributed by atoms with E-state index in [1.54, 1.807) is 6.07 Å². The van der Waals surface area contributed by atoms with Gasteiger partial charge in [0.1, 0.15) is 5.82 Å². The largest absolute Gasteiger partial charge is 0.399 e. The molecular weight excluding hydrogens is 221 g/mol. The molecule has 2 N–H and O–H groups in total. The highest BCUT2D eigenvalue weighted by Gasteiger charge is 2.01. The maximum absolute atomic E-state index is 13.1. The van der Waals surface area contributed by atoms with Crippen LogP contribution in [0.1, 0.15) is 5.56 Å². The van der Waals surface area contributed by atoms with Crippen LogP contribution in [0.3, 0.4) is 0 Å². The van der Waals surface area contributed by atoms with E-state index >= 15 is 0 Å². The average Bonchev–Trinajstić information content (AvgIpc) is 2.15. The van der Waals surface area contributed by atoms with Crippen molar-refractivity contribution in [3.63, 3.8) is 0 Å². The first kappa shape index (κ1) is 11.0. The fourth-order valence-corrected chi connectivity index (χ4v) is 2.49. The summed E-state index contributed by atoms with van der Waals surface area (Å²) in [6.45, 7) is 2.03. The van der Waals surface area contributed by atoms with Crippen LogP contribution in [0.4, 0.5) is 10.1 Å². The maximum atomic E-state index is 13.1. The van der Waals surface area contributed by atoms with Crippen molar-refractivity contribution >= 4 is 17.4 Å². The van der Waals surface area contributed by atoms with Crippen LogP contribution < -0.4 is 5.73 Å². The second-order valence-corrected chi connectivity index (χ2v) is 4.79. The van der Waals surface area contributed by atoms with Gasteiger partial charge in [-0.3, -0.25) is 0 Å². The monoisotopic (exact) mass is 233 g/mol. The highest BCUT2D eigenvalue weighted by molar-refractivity contribution is 7.99. The molecule has 0 aliphatic heterocycles. The van der Waals surface area contributed by atoms with E-state index in [0.29, 0.717) is 5.69 Å². The summed E-state index contributed by atoms with van der Waals surface area (Å²) >= 11 is 1.51. The molecule has 2 rings (SSSR count). The number of hydrogen-bond donors (Lipinski definition) is 1. The molecule has 1 nitrogen and oxygen atoms in total.